The maximum Gasteiger partial charge on any atom is 0.127 e. The minimum Gasteiger partial charge on any atom is -0.411 e. The lowest BCUT2D eigenvalue weighted by molar-refractivity contribution is 0.214. The zero-order valence-electron chi connectivity index (χ0n) is 7.83. The van der Waals surface area contributed by atoms with E-state index in [9.17, 15) is 0 Å². The fourth-order valence-electron chi connectivity index (χ4n) is 0.620. The maximum atomic E-state index is 8.47. The van der Waals surface area contributed by atoms with E-state index in [0.29, 0.717) is 11.4 Å². The normalized spacial score (nSPS) is 12.7. The minimum absolute atomic E-state index is 0.429. The van der Waals surface area contributed by atoms with E-state index < -0.39 is 0 Å². The van der Waals surface area contributed by atoms with Crippen LogP contribution in [0, 0.1) is 0 Å². The van der Waals surface area contributed by atoms with Gasteiger partial charge in [0, 0.05) is 0 Å². The summed E-state index contributed by atoms with van der Waals surface area (Å²) in [6.45, 7) is 5.50. The molecule has 0 spiro atoms. The molecule has 0 radical (unpaired) electrons. The van der Waals surface area contributed by atoms with Gasteiger partial charge in [-0.05, 0) is 26.8 Å². The van der Waals surface area contributed by atoms with E-state index >= 15 is 0 Å². The van der Waals surface area contributed by atoms with Gasteiger partial charge in [-0.3, -0.25) is 0 Å². The van der Waals surface area contributed by atoms with E-state index in [1.54, 1.807) is 13.0 Å². The molecule has 68 valence electrons. The Morgan fingerprint density at radius 3 is 2.25 bits per heavy atom. The lowest BCUT2D eigenvalue weighted by atomic mass is 10.2. The van der Waals surface area contributed by atoms with Gasteiger partial charge < -0.3 is 10.0 Å². The summed E-state index contributed by atoms with van der Waals surface area (Å²) >= 11 is 0. The predicted molar refractivity (Wildman–Crippen MR) is 48.8 cm³/mol. The molecule has 0 aromatic heterocycles. The lowest BCUT2D eigenvalue weighted by Crippen LogP contribution is -2.08. The van der Waals surface area contributed by atoms with Gasteiger partial charge in [-0.15, -0.1) is 0 Å². The van der Waals surface area contributed by atoms with Gasteiger partial charge in [0.15, 0.2) is 0 Å². The average Bonchev–Trinajstić information content (AvgIpc) is 2.01. The van der Waals surface area contributed by atoms with Crippen LogP contribution in [0.25, 0.3) is 0 Å². The number of nitrogens with zero attached hydrogens (tertiary/aromatic N) is 2. The first-order valence-corrected chi connectivity index (χ1v) is 3.57. The molecule has 0 fully saturated rings. The van der Waals surface area contributed by atoms with Gasteiger partial charge >= 0.3 is 0 Å². The highest BCUT2D eigenvalue weighted by atomic mass is 16.6. The average molecular weight is 170 g/mol. The summed E-state index contributed by atoms with van der Waals surface area (Å²) in [4.78, 5) is 4.58. The molecule has 4 heteroatoms. The Morgan fingerprint density at radius 1 is 1.33 bits per heavy atom. The van der Waals surface area contributed by atoms with Crippen LogP contribution in [-0.4, -0.2) is 23.7 Å². The molecule has 0 atom stereocenters. The lowest BCUT2D eigenvalue weighted by Gasteiger charge is -1.97. The van der Waals surface area contributed by atoms with E-state index in [-0.39, 0.29) is 0 Å². The summed E-state index contributed by atoms with van der Waals surface area (Å²) in [5.41, 5.74) is 2.02. The number of hydrogen-bond donors (Lipinski definition) is 1. The smallest absolute Gasteiger partial charge is 0.127 e. The Kier molecular flexibility index (Phi) is 4.76. The van der Waals surface area contributed by atoms with Crippen molar-refractivity contribution in [2.75, 3.05) is 7.11 Å². The standard InChI is InChI=1S/C8H14N2O2/c1-6(2)5-8(10-12-4)7(3)9-11/h5,11H,1-4H3/b9-7?,10-8+. The van der Waals surface area contributed by atoms with Crippen molar-refractivity contribution in [1.29, 1.82) is 0 Å². The van der Waals surface area contributed by atoms with Gasteiger partial charge in [0.05, 0.1) is 0 Å². The molecule has 0 aliphatic heterocycles. The molecule has 0 aromatic rings. The second kappa shape index (κ2) is 5.35. The largest absolute Gasteiger partial charge is 0.411 e. The summed E-state index contributed by atoms with van der Waals surface area (Å²) in [5.74, 6) is 0. The second-order valence-corrected chi connectivity index (χ2v) is 2.57. The summed E-state index contributed by atoms with van der Waals surface area (Å²) in [7, 11) is 1.45. The van der Waals surface area contributed by atoms with E-state index in [1.165, 1.54) is 7.11 Å². The third-order valence-electron chi connectivity index (χ3n) is 1.14. The highest BCUT2D eigenvalue weighted by Gasteiger charge is 2.00. The van der Waals surface area contributed by atoms with Crippen molar-refractivity contribution in [3.05, 3.63) is 11.6 Å². The monoisotopic (exact) mass is 170 g/mol. The number of oxime groups is 2. The minimum atomic E-state index is 0.429. The van der Waals surface area contributed by atoms with Gasteiger partial charge in [0.25, 0.3) is 0 Å². The van der Waals surface area contributed by atoms with Crippen molar-refractivity contribution in [1.82, 2.24) is 0 Å². The third-order valence-corrected chi connectivity index (χ3v) is 1.14. The number of hydrogen-bond acceptors (Lipinski definition) is 4. The Bertz CT molecular complexity index is 225. The molecule has 0 aromatic carbocycles. The fourth-order valence-corrected chi connectivity index (χ4v) is 0.620. The molecule has 4 nitrogen and oxygen atoms in total. The van der Waals surface area contributed by atoms with Crippen molar-refractivity contribution in [3.63, 3.8) is 0 Å². The molecule has 0 saturated heterocycles. The summed E-state index contributed by atoms with van der Waals surface area (Å²) in [6, 6.07) is 0. The van der Waals surface area contributed by atoms with Crippen LogP contribution in [0.5, 0.6) is 0 Å². The highest BCUT2D eigenvalue weighted by Crippen LogP contribution is 1.94. The van der Waals surface area contributed by atoms with Crippen LogP contribution < -0.4 is 0 Å². The Hall–Kier alpha value is -1.32. The van der Waals surface area contributed by atoms with Crippen LogP contribution >= 0.6 is 0 Å². The van der Waals surface area contributed by atoms with Crippen molar-refractivity contribution in [3.8, 4) is 0 Å². The predicted octanol–water partition coefficient (Wildman–Crippen LogP) is 1.81. The molecular weight excluding hydrogens is 156 g/mol. The van der Waals surface area contributed by atoms with Crippen molar-refractivity contribution in [2.24, 2.45) is 10.3 Å². The van der Waals surface area contributed by atoms with Gasteiger partial charge in [-0.1, -0.05) is 15.9 Å². The molecule has 12 heavy (non-hydrogen) atoms. The van der Waals surface area contributed by atoms with Crippen LogP contribution in [0.3, 0.4) is 0 Å². The molecule has 1 N–H and O–H groups in total. The molecule has 0 rings (SSSR count). The van der Waals surface area contributed by atoms with Crippen LogP contribution in [0.2, 0.25) is 0 Å². The molecule has 0 aliphatic carbocycles. The third kappa shape index (κ3) is 3.75. The molecule has 0 heterocycles. The number of allylic oxidation sites excluding steroid dienone is 2. The van der Waals surface area contributed by atoms with Crippen LogP contribution in [0.1, 0.15) is 20.8 Å². The second-order valence-electron chi connectivity index (χ2n) is 2.57. The van der Waals surface area contributed by atoms with Gasteiger partial charge in [-0.2, -0.15) is 0 Å². The zero-order valence-corrected chi connectivity index (χ0v) is 7.83. The van der Waals surface area contributed by atoms with E-state index in [4.69, 9.17) is 5.21 Å². The van der Waals surface area contributed by atoms with Crippen molar-refractivity contribution in [2.45, 2.75) is 20.8 Å². The fraction of sp³-hybridized carbons (Fsp3) is 0.500. The summed E-state index contributed by atoms with van der Waals surface area (Å²) in [6.07, 6.45) is 1.78. The Balaban J connectivity index is 4.69. The Morgan fingerprint density at radius 2 is 1.92 bits per heavy atom. The van der Waals surface area contributed by atoms with E-state index in [0.717, 1.165) is 5.57 Å². The first-order valence-electron chi connectivity index (χ1n) is 3.57. The van der Waals surface area contributed by atoms with Gasteiger partial charge in [-0.25, -0.2) is 0 Å². The Labute approximate surface area is 72.2 Å². The topological polar surface area (TPSA) is 54.2 Å². The van der Waals surface area contributed by atoms with Crippen LogP contribution in [0.15, 0.2) is 22.0 Å². The van der Waals surface area contributed by atoms with Crippen LogP contribution in [-0.2, 0) is 4.84 Å². The van der Waals surface area contributed by atoms with Crippen molar-refractivity contribution >= 4 is 11.4 Å². The number of rotatable bonds is 3. The van der Waals surface area contributed by atoms with Gasteiger partial charge in [0.1, 0.15) is 18.5 Å². The molecule has 0 saturated carbocycles. The summed E-state index contributed by atoms with van der Waals surface area (Å²) < 4.78 is 0. The zero-order chi connectivity index (χ0) is 9.56. The molecule has 0 amide bonds. The SMILES string of the molecule is CO/N=C(\C=C(C)C)C(C)=NO. The molecule has 0 bridgehead atoms. The first-order chi connectivity index (χ1) is 5.61. The molecule has 0 unspecified atom stereocenters. The quantitative estimate of drug-likeness (QED) is 0.399. The highest BCUT2D eigenvalue weighted by molar-refractivity contribution is 6.45. The molecule has 0 aliphatic rings. The maximum absolute atomic E-state index is 8.47. The van der Waals surface area contributed by atoms with E-state index in [1.807, 2.05) is 13.8 Å². The van der Waals surface area contributed by atoms with Crippen molar-refractivity contribution < 1.29 is 10.0 Å². The van der Waals surface area contributed by atoms with E-state index in [2.05, 4.69) is 15.1 Å². The summed E-state index contributed by atoms with van der Waals surface area (Å²) in [5, 5.41) is 15.2. The van der Waals surface area contributed by atoms with Crippen LogP contribution in [0.4, 0.5) is 0 Å². The van der Waals surface area contributed by atoms with Gasteiger partial charge in [0.2, 0.25) is 0 Å². The first kappa shape index (κ1) is 10.7. The molecular formula is C8H14N2O2.